The second kappa shape index (κ2) is 11.0. The summed E-state index contributed by atoms with van der Waals surface area (Å²) in [4.78, 5) is 19.0. The van der Waals surface area contributed by atoms with Gasteiger partial charge in [0.2, 0.25) is 5.91 Å². The molecule has 3 N–H and O–H groups in total. The van der Waals surface area contributed by atoms with E-state index in [1.54, 1.807) is 18.4 Å². The van der Waals surface area contributed by atoms with E-state index in [1.807, 2.05) is 13.8 Å². The summed E-state index contributed by atoms with van der Waals surface area (Å²) >= 11 is 1.80. The van der Waals surface area contributed by atoms with E-state index in [0.717, 1.165) is 38.4 Å². The van der Waals surface area contributed by atoms with Crippen LogP contribution in [0.5, 0.6) is 0 Å². The van der Waals surface area contributed by atoms with Gasteiger partial charge in [-0.15, -0.1) is 35.3 Å². The molecule has 8 heteroatoms. The maximum absolute atomic E-state index is 11.9. The van der Waals surface area contributed by atoms with Crippen molar-refractivity contribution in [2.24, 2.45) is 10.4 Å². The van der Waals surface area contributed by atoms with Crippen molar-refractivity contribution >= 4 is 52.2 Å². The third kappa shape index (κ3) is 6.61. The fourth-order valence-electron chi connectivity index (χ4n) is 2.89. The second-order valence-electron chi connectivity index (χ2n) is 7.02. The normalized spacial score (nSPS) is 16.0. The van der Waals surface area contributed by atoms with Gasteiger partial charge in [-0.25, -0.2) is 0 Å². The number of thiophene rings is 1. The molecule has 0 bridgehead atoms. The van der Waals surface area contributed by atoms with E-state index in [4.69, 9.17) is 0 Å². The largest absolute Gasteiger partial charge is 0.363 e. The van der Waals surface area contributed by atoms with Crippen molar-refractivity contribution in [3.8, 4) is 0 Å². The van der Waals surface area contributed by atoms with Crippen molar-refractivity contribution in [2.45, 2.75) is 39.7 Å². The Bertz CT molecular complexity index is 568. The minimum absolute atomic E-state index is 0. The smallest absolute Gasteiger partial charge is 0.227 e. The van der Waals surface area contributed by atoms with Crippen LogP contribution >= 0.6 is 35.3 Å². The zero-order valence-corrected chi connectivity index (χ0v) is 19.3. The fourth-order valence-corrected chi connectivity index (χ4v) is 3.68. The molecule has 1 aromatic rings. The van der Waals surface area contributed by atoms with Crippen molar-refractivity contribution in [3.05, 3.63) is 17.5 Å². The number of aliphatic imine (C=N–C) groups is 1. The predicted molar refractivity (Wildman–Crippen MR) is 122 cm³/mol. The third-order valence-corrected chi connectivity index (χ3v) is 5.40. The lowest BCUT2D eigenvalue weighted by Crippen LogP contribution is -2.49. The maximum atomic E-state index is 11.9. The quantitative estimate of drug-likeness (QED) is 0.324. The minimum Gasteiger partial charge on any atom is -0.363 e. The van der Waals surface area contributed by atoms with E-state index in [-0.39, 0.29) is 29.9 Å². The predicted octanol–water partition coefficient (Wildman–Crippen LogP) is 2.66. The van der Waals surface area contributed by atoms with Gasteiger partial charge in [0.15, 0.2) is 5.96 Å². The van der Waals surface area contributed by atoms with Crippen molar-refractivity contribution in [2.75, 3.05) is 38.1 Å². The minimum atomic E-state index is -0.514. The number of guanidine groups is 1. The molecule has 1 aromatic heterocycles. The summed E-state index contributed by atoms with van der Waals surface area (Å²) in [7, 11) is 1.67. The summed E-state index contributed by atoms with van der Waals surface area (Å²) in [5.41, 5.74) is -0.514. The molecule has 1 fully saturated rings. The average Bonchev–Trinajstić information content (AvgIpc) is 3.14. The van der Waals surface area contributed by atoms with Gasteiger partial charge in [0.25, 0.3) is 0 Å². The molecule has 0 atom stereocenters. The maximum Gasteiger partial charge on any atom is 0.227 e. The van der Waals surface area contributed by atoms with Crippen molar-refractivity contribution in [1.82, 2.24) is 16.0 Å². The van der Waals surface area contributed by atoms with E-state index in [0.29, 0.717) is 12.6 Å². The number of hydrogen-bond donors (Lipinski definition) is 3. The van der Waals surface area contributed by atoms with E-state index in [1.165, 1.54) is 5.00 Å². The van der Waals surface area contributed by atoms with Gasteiger partial charge in [-0.1, -0.05) is 0 Å². The number of carbonyl (C=O) groups is 1. The molecule has 0 saturated carbocycles. The number of carbonyl (C=O) groups excluding carboxylic acids is 1. The Morgan fingerprint density at radius 3 is 2.62 bits per heavy atom. The third-order valence-electron chi connectivity index (χ3n) is 4.47. The van der Waals surface area contributed by atoms with Gasteiger partial charge < -0.3 is 20.9 Å². The Balaban J connectivity index is 0.00000338. The van der Waals surface area contributed by atoms with Crippen LogP contribution in [0.3, 0.4) is 0 Å². The first-order chi connectivity index (χ1) is 12.0. The Morgan fingerprint density at radius 1 is 1.38 bits per heavy atom. The van der Waals surface area contributed by atoms with Crippen LogP contribution in [0.25, 0.3) is 0 Å². The highest BCUT2D eigenvalue weighted by Gasteiger charge is 2.27. The van der Waals surface area contributed by atoms with E-state index in [2.05, 4.69) is 50.3 Å². The van der Waals surface area contributed by atoms with Crippen LogP contribution < -0.4 is 20.9 Å². The Morgan fingerprint density at radius 2 is 2.08 bits per heavy atom. The molecule has 2 rings (SSSR count). The molecule has 0 radical (unpaired) electrons. The lowest BCUT2D eigenvalue weighted by molar-refractivity contribution is -0.128. The van der Waals surface area contributed by atoms with Crippen molar-refractivity contribution in [3.63, 3.8) is 0 Å². The van der Waals surface area contributed by atoms with Crippen LogP contribution in [0.15, 0.2) is 22.5 Å². The first-order valence-electron chi connectivity index (χ1n) is 9.01. The molecule has 0 aliphatic carbocycles. The number of piperidine rings is 1. The summed E-state index contributed by atoms with van der Waals surface area (Å²) in [6.07, 6.45) is 2.17. The molecule has 1 aliphatic rings. The van der Waals surface area contributed by atoms with E-state index < -0.39 is 5.41 Å². The van der Waals surface area contributed by atoms with Gasteiger partial charge in [-0.3, -0.25) is 9.79 Å². The second-order valence-corrected chi connectivity index (χ2v) is 7.94. The topological polar surface area (TPSA) is 68.8 Å². The molecule has 148 valence electrons. The Labute approximate surface area is 178 Å². The number of halogens is 1. The van der Waals surface area contributed by atoms with Crippen LogP contribution in [0.2, 0.25) is 0 Å². The monoisotopic (exact) mass is 493 g/mol. The van der Waals surface area contributed by atoms with Crippen LogP contribution in [-0.2, 0) is 4.79 Å². The molecular weight excluding hydrogens is 461 g/mol. The van der Waals surface area contributed by atoms with Crippen molar-refractivity contribution < 1.29 is 4.79 Å². The highest BCUT2D eigenvalue weighted by Crippen LogP contribution is 2.24. The summed E-state index contributed by atoms with van der Waals surface area (Å²) in [5, 5.41) is 13.0. The SMILES string of the molecule is CCNC(=NCC(C)(C)C(=O)NC)NC1CCN(c2cccs2)CC1.I. The molecule has 26 heavy (non-hydrogen) atoms. The number of amides is 1. The van der Waals surface area contributed by atoms with Gasteiger partial charge >= 0.3 is 0 Å². The van der Waals surface area contributed by atoms with Gasteiger partial charge in [0.1, 0.15) is 0 Å². The highest BCUT2D eigenvalue weighted by molar-refractivity contribution is 14.0. The standard InChI is InChI=1S/C18H31N5OS.HI/c1-5-20-17(21-13-18(2,3)16(24)19-4)22-14-8-10-23(11-9-14)15-7-6-12-25-15;/h6-7,12,14H,5,8-11,13H2,1-4H3,(H,19,24)(H2,20,21,22);1H. The first kappa shape index (κ1) is 23.0. The molecule has 6 nitrogen and oxygen atoms in total. The zero-order chi connectivity index (χ0) is 18.3. The van der Waals surface area contributed by atoms with Crippen LogP contribution in [-0.4, -0.2) is 51.1 Å². The highest BCUT2D eigenvalue weighted by atomic mass is 127. The zero-order valence-electron chi connectivity index (χ0n) is 16.2. The molecule has 0 spiro atoms. The van der Waals surface area contributed by atoms with Crippen LogP contribution in [0.4, 0.5) is 5.00 Å². The number of hydrogen-bond acceptors (Lipinski definition) is 4. The Hall–Kier alpha value is -1.03. The molecular formula is C18H32IN5OS. The van der Waals surface area contributed by atoms with Crippen molar-refractivity contribution in [1.29, 1.82) is 0 Å². The summed E-state index contributed by atoms with van der Waals surface area (Å²) in [6.45, 7) is 9.26. The van der Waals surface area contributed by atoms with Crippen LogP contribution in [0, 0.1) is 5.41 Å². The summed E-state index contributed by atoms with van der Waals surface area (Å²) in [5.74, 6) is 0.811. The molecule has 1 saturated heterocycles. The molecule has 0 aromatic carbocycles. The van der Waals surface area contributed by atoms with Gasteiger partial charge in [0.05, 0.1) is 17.0 Å². The summed E-state index contributed by atoms with van der Waals surface area (Å²) < 4.78 is 0. The van der Waals surface area contributed by atoms with E-state index >= 15 is 0 Å². The molecule has 0 unspecified atom stereocenters. The molecule has 2 heterocycles. The van der Waals surface area contributed by atoms with Crippen LogP contribution in [0.1, 0.15) is 33.6 Å². The van der Waals surface area contributed by atoms with Gasteiger partial charge in [-0.05, 0) is 51.1 Å². The molecule has 1 amide bonds. The number of nitrogens with one attached hydrogen (secondary N) is 3. The van der Waals surface area contributed by atoms with Gasteiger partial charge in [0, 0.05) is 32.7 Å². The molecule has 1 aliphatic heterocycles. The number of nitrogens with zero attached hydrogens (tertiary/aromatic N) is 2. The lowest BCUT2D eigenvalue weighted by atomic mass is 9.93. The lowest BCUT2D eigenvalue weighted by Gasteiger charge is -2.33. The van der Waals surface area contributed by atoms with Gasteiger partial charge in [-0.2, -0.15) is 0 Å². The first-order valence-corrected chi connectivity index (χ1v) is 9.89. The number of rotatable bonds is 6. The van der Waals surface area contributed by atoms with E-state index in [9.17, 15) is 4.79 Å². The Kier molecular flexibility index (Phi) is 9.70. The average molecular weight is 493 g/mol. The fraction of sp³-hybridized carbons (Fsp3) is 0.667. The number of anilines is 1. The summed E-state index contributed by atoms with van der Waals surface area (Å²) in [6, 6.07) is 4.70.